The number of rotatable bonds is 7. The molecule has 0 aliphatic heterocycles. The highest BCUT2D eigenvalue weighted by atomic mass is 35.5. The fraction of sp³-hybridized carbons (Fsp3) is 0.316. The van der Waals surface area contributed by atoms with Crippen LogP contribution in [0.5, 0.6) is 0 Å². The molecule has 5 nitrogen and oxygen atoms in total. The van der Waals surface area contributed by atoms with E-state index in [1.807, 2.05) is 37.3 Å². The van der Waals surface area contributed by atoms with Crippen molar-refractivity contribution in [3.8, 4) is 0 Å². The van der Waals surface area contributed by atoms with Crippen molar-refractivity contribution in [3.63, 3.8) is 0 Å². The number of benzene rings is 2. The molecular weight excluding hydrogens is 407 g/mol. The second-order valence-electron chi connectivity index (χ2n) is 6.34. The highest BCUT2D eigenvalue weighted by Crippen LogP contribution is 2.30. The van der Waals surface area contributed by atoms with Crippen LogP contribution in [0.25, 0.3) is 0 Å². The molecule has 0 atom stereocenters. The summed E-state index contributed by atoms with van der Waals surface area (Å²) in [5.74, 6) is -0.357. The van der Waals surface area contributed by atoms with Crippen LogP contribution in [0, 0.1) is 0 Å². The standard InChI is InChI=1S/C19H22Cl2N2O3S/c1-4-23(12-14-8-6-5-7-9-14)19(24)15-10-18(17(21)11-16(15)20)27(25,26)22-13(2)3/h5-11,13,22H,4,12H2,1-3H3. The first-order valence-corrected chi connectivity index (χ1v) is 10.7. The van der Waals surface area contributed by atoms with Crippen LogP contribution in [0.1, 0.15) is 36.7 Å². The van der Waals surface area contributed by atoms with Gasteiger partial charge in [-0.05, 0) is 38.5 Å². The SMILES string of the molecule is CCN(Cc1ccccc1)C(=O)c1cc(S(=O)(=O)NC(C)C)c(Cl)cc1Cl. The van der Waals surface area contributed by atoms with E-state index in [0.29, 0.717) is 13.1 Å². The van der Waals surface area contributed by atoms with Gasteiger partial charge in [0.2, 0.25) is 10.0 Å². The zero-order valence-electron chi connectivity index (χ0n) is 15.4. The van der Waals surface area contributed by atoms with E-state index in [4.69, 9.17) is 23.2 Å². The summed E-state index contributed by atoms with van der Waals surface area (Å²) in [7, 11) is -3.87. The first-order valence-electron chi connectivity index (χ1n) is 8.50. The number of nitrogens with zero attached hydrogens (tertiary/aromatic N) is 1. The Bertz CT molecular complexity index is 916. The highest BCUT2D eigenvalue weighted by Gasteiger charge is 2.25. The van der Waals surface area contributed by atoms with Crippen molar-refractivity contribution in [2.24, 2.45) is 0 Å². The summed E-state index contributed by atoms with van der Waals surface area (Å²) in [6.45, 7) is 6.08. The molecule has 0 aliphatic rings. The van der Waals surface area contributed by atoms with Crippen molar-refractivity contribution in [2.75, 3.05) is 6.54 Å². The third kappa shape index (κ3) is 5.45. The molecule has 0 saturated heterocycles. The van der Waals surface area contributed by atoms with Gasteiger partial charge in [-0.15, -0.1) is 0 Å². The quantitative estimate of drug-likeness (QED) is 0.712. The molecule has 1 amide bonds. The van der Waals surface area contributed by atoms with E-state index in [0.717, 1.165) is 5.56 Å². The molecule has 0 bridgehead atoms. The molecular formula is C19H22Cl2N2O3S. The number of carbonyl (C=O) groups is 1. The first kappa shape index (κ1) is 21.7. The van der Waals surface area contributed by atoms with E-state index in [2.05, 4.69) is 4.72 Å². The van der Waals surface area contributed by atoms with E-state index in [-0.39, 0.29) is 32.5 Å². The lowest BCUT2D eigenvalue weighted by molar-refractivity contribution is 0.0752. The molecule has 0 unspecified atom stereocenters. The predicted octanol–water partition coefficient (Wildman–Crippen LogP) is 4.34. The lowest BCUT2D eigenvalue weighted by Gasteiger charge is -2.22. The first-order chi connectivity index (χ1) is 12.7. The van der Waals surface area contributed by atoms with Gasteiger partial charge >= 0.3 is 0 Å². The van der Waals surface area contributed by atoms with E-state index in [9.17, 15) is 13.2 Å². The van der Waals surface area contributed by atoms with Gasteiger partial charge in [-0.2, -0.15) is 0 Å². The number of amides is 1. The molecule has 2 rings (SSSR count). The summed E-state index contributed by atoms with van der Waals surface area (Å²) < 4.78 is 27.5. The van der Waals surface area contributed by atoms with E-state index in [1.54, 1.807) is 18.7 Å². The molecule has 2 aromatic rings. The normalized spacial score (nSPS) is 11.6. The van der Waals surface area contributed by atoms with Crippen LogP contribution in [0.3, 0.4) is 0 Å². The average Bonchev–Trinajstić information content (AvgIpc) is 2.58. The lowest BCUT2D eigenvalue weighted by Crippen LogP contribution is -2.32. The number of sulfonamides is 1. The molecule has 0 saturated carbocycles. The van der Waals surface area contributed by atoms with Gasteiger partial charge in [-0.1, -0.05) is 53.5 Å². The molecule has 0 aromatic heterocycles. The van der Waals surface area contributed by atoms with Crippen molar-refractivity contribution >= 4 is 39.1 Å². The third-order valence-electron chi connectivity index (χ3n) is 3.82. The summed E-state index contributed by atoms with van der Waals surface area (Å²) in [4.78, 5) is 14.4. The molecule has 8 heteroatoms. The molecule has 0 fully saturated rings. The topological polar surface area (TPSA) is 66.5 Å². The van der Waals surface area contributed by atoms with Crippen LogP contribution in [-0.2, 0) is 16.6 Å². The van der Waals surface area contributed by atoms with Crippen molar-refractivity contribution in [1.29, 1.82) is 0 Å². The van der Waals surface area contributed by atoms with Gasteiger partial charge in [0.25, 0.3) is 5.91 Å². The fourth-order valence-electron chi connectivity index (χ4n) is 2.57. The Morgan fingerprint density at radius 2 is 1.74 bits per heavy atom. The fourth-order valence-corrected chi connectivity index (χ4v) is 4.68. The summed E-state index contributed by atoms with van der Waals surface area (Å²) in [6, 6.07) is 11.7. The Kier molecular flexibility index (Phi) is 7.28. The molecule has 0 aliphatic carbocycles. The monoisotopic (exact) mass is 428 g/mol. The van der Waals surface area contributed by atoms with Crippen LogP contribution >= 0.6 is 23.2 Å². The molecule has 0 spiro atoms. The summed E-state index contributed by atoms with van der Waals surface area (Å²) in [5.41, 5.74) is 1.06. The van der Waals surface area contributed by atoms with Crippen molar-refractivity contribution in [3.05, 3.63) is 63.6 Å². The van der Waals surface area contributed by atoms with Gasteiger partial charge in [-0.25, -0.2) is 13.1 Å². The number of nitrogens with one attached hydrogen (secondary N) is 1. The minimum Gasteiger partial charge on any atom is -0.335 e. The van der Waals surface area contributed by atoms with Crippen LogP contribution in [-0.4, -0.2) is 31.8 Å². The van der Waals surface area contributed by atoms with Gasteiger partial charge in [0.15, 0.2) is 0 Å². The molecule has 27 heavy (non-hydrogen) atoms. The number of carbonyl (C=O) groups excluding carboxylic acids is 1. The number of hydrogen-bond acceptors (Lipinski definition) is 3. The molecule has 0 radical (unpaired) electrons. The van der Waals surface area contributed by atoms with Gasteiger partial charge in [0.05, 0.1) is 15.6 Å². The molecule has 0 heterocycles. The van der Waals surface area contributed by atoms with Crippen molar-refractivity contribution in [1.82, 2.24) is 9.62 Å². The predicted molar refractivity (Wildman–Crippen MR) is 109 cm³/mol. The van der Waals surface area contributed by atoms with Crippen molar-refractivity contribution in [2.45, 2.75) is 38.3 Å². The maximum absolute atomic E-state index is 13.0. The van der Waals surface area contributed by atoms with Gasteiger partial charge < -0.3 is 4.90 Å². The minimum atomic E-state index is -3.87. The second kappa shape index (κ2) is 9.06. The van der Waals surface area contributed by atoms with Crippen LogP contribution in [0.15, 0.2) is 47.4 Å². The zero-order valence-corrected chi connectivity index (χ0v) is 17.7. The van der Waals surface area contributed by atoms with Crippen LogP contribution in [0.4, 0.5) is 0 Å². The maximum atomic E-state index is 13.0. The van der Waals surface area contributed by atoms with Crippen LogP contribution < -0.4 is 4.72 Å². The van der Waals surface area contributed by atoms with Gasteiger partial charge in [0, 0.05) is 19.1 Å². The van der Waals surface area contributed by atoms with Crippen LogP contribution in [0.2, 0.25) is 10.0 Å². The molecule has 1 N–H and O–H groups in total. The highest BCUT2D eigenvalue weighted by molar-refractivity contribution is 7.89. The number of hydrogen-bond donors (Lipinski definition) is 1. The molecule has 2 aromatic carbocycles. The summed E-state index contributed by atoms with van der Waals surface area (Å²) >= 11 is 12.3. The zero-order chi connectivity index (χ0) is 20.2. The Hall–Kier alpha value is -1.60. The van der Waals surface area contributed by atoms with Crippen molar-refractivity contribution < 1.29 is 13.2 Å². The lowest BCUT2D eigenvalue weighted by atomic mass is 10.1. The Labute approximate surface area is 170 Å². The Balaban J connectivity index is 2.41. The summed E-state index contributed by atoms with van der Waals surface area (Å²) in [5, 5.41) is 0.0795. The average molecular weight is 429 g/mol. The minimum absolute atomic E-state index is 0.0317. The van der Waals surface area contributed by atoms with E-state index >= 15 is 0 Å². The Morgan fingerprint density at radius 3 is 2.30 bits per heavy atom. The second-order valence-corrected chi connectivity index (χ2v) is 8.84. The maximum Gasteiger partial charge on any atom is 0.255 e. The molecule has 146 valence electrons. The summed E-state index contributed by atoms with van der Waals surface area (Å²) in [6.07, 6.45) is 0. The van der Waals surface area contributed by atoms with E-state index < -0.39 is 10.0 Å². The Morgan fingerprint density at radius 1 is 1.11 bits per heavy atom. The number of halogens is 2. The van der Waals surface area contributed by atoms with Gasteiger partial charge in [0.1, 0.15) is 4.90 Å². The van der Waals surface area contributed by atoms with E-state index in [1.165, 1.54) is 12.1 Å². The third-order valence-corrected chi connectivity index (χ3v) is 6.25. The smallest absolute Gasteiger partial charge is 0.255 e. The van der Waals surface area contributed by atoms with Gasteiger partial charge in [-0.3, -0.25) is 4.79 Å². The largest absolute Gasteiger partial charge is 0.335 e.